The van der Waals surface area contributed by atoms with Crippen LogP contribution in [0.3, 0.4) is 0 Å². The number of thioether (sulfide) groups is 1. The molecule has 0 unspecified atom stereocenters. The van der Waals surface area contributed by atoms with Gasteiger partial charge in [0.15, 0.2) is 0 Å². The molecule has 0 nitrogen and oxygen atoms in total. The molecule has 0 aliphatic rings. The van der Waals surface area contributed by atoms with Gasteiger partial charge in [0.25, 0.3) is 0 Å². The summed E-state index contributed by atoms with van der Waals surface area (Å²) in [5.74, 6) is 2.05. The van der Waals surface area contributed by atoms with Crippen LogP contribution in [0.5, 0.6) is 0 Å². The van der Waals surface area contributed by atoms with Crippen molar-refractivity contribution in [3.05, 3.63) is 10.5 Å². The summed E-state index contributed by atoms with van der Waals surface area (Å²) in [7, 11) is 0. The molecule has 0 saturated heterocycles. The van der Waals surface area contributed by atoms with Crippen LogP contribution in [0.2, 0.25) is 0 Å². The number of hydrogen-bond acceptors (Lipinski definition) is 1. The van der Waals surface area contributed by atoms with Crippen molar-refractivity contribution in [2.24, 2.45) is 5.92 Å². The van der Waals surface area contributed by atoms with Crippen molar-refractivity contribution in [3.63, 3.8) is 0 Å². The molecule has 0 aromatic rings. The SMILES string of the molecule is CC(C)=C(C)SCC(C)C. The highest BCUT2D eigenvalue weighted by atomic mass is 32.2. The molecule has 10 heavy (non-hydrogen) atoms. The van der Waals surface area contributed by atoms with Crippen LogP contribution in [0, 0.1) is 5.92 Å². The molecule has 0 aliphatic heterocycles. The Kier molecular flexibility index (Phi) is 4.88. The van der Waals surface area contributed by atoms with Gasteiger partial charge < -0.3 is 0 Å². The molecule has 0 radical (unpaired) electrons. The van der Waals surface area contributed by atoms with Crippen molar-refractivity contribution >= 4 is 11.8 Å². The van der Waals surface area contributed by atoms with E-state index in [1.54, 1.807) is 0 Å². The van der Waals surface area contributed by atoms with Crippen LogP contribution in [0.1, 0.15) is 34.6 Å². The molecule has 0 fully saturated rings. The fourth-order valence-corrected chi connectivity index (χ4v) is 1.31. The summed E-state index contributed by atoms with van der Waals surface area (Å²) in [6, 6.07) is 0. The number of rotatable bonds is 3. The molecule has 0 rings (SSSR count). The zero-order valence-electron chi connectivity index (χ0n) is 7.69. The second-order valence-corrected chi connectivity index (χ2v) is 4.50. The van der Waals surface area contributed by atoms with Crippen molar-refractivity contribution in [1.29, 1.82) is 0 Å². The van der Waals surface area contributed by atoms with Crippen molar-refractivity contribution < 1.29 is 0 Å². The van der Waals surface area contributed by atoms with Gasteiger partial charge in [-0.2, -0.15) is 0 Å². The maximum atomic E-state index is 2.26. The van der Waals surface area contributed by atoms with Gasteiger partial charge in [0.2, 0.25) is 0 Å². The largest absolute Gasteiger partial charge is 0.131 e. The molecular formula is C9H18S. The Morgan fingerprint density at radius 2 is 1.70 bits per heavy atom. The van der Waals surface area contributed by atoms with E-state index in [-0.39, 0.29) is 0 Å². The molecule has 0 aliphatic carbocycles. The van der Waals surface area contributed by atoms with E-state index in [0.717, 1.165) is 5.92 Å². The lowest BCUT2D eigenvalue weighted by Crippen LogP contribution is -1.90. The average Bonchev–Trinajstić information content (AvgIpc) is 1.82. The monoisotopic (exact) mass is 158 g/mol. The minimum Gasteiger partial charge on any atom is -0.131 e. The summed E-state index contributed by atoms with van der Waals surface area (Å²) < 4.78 is 0. The highest BCUT2D eigenvalue weighted by Crippen LogP contribution is 2.20. The quantitative estimate of drug-likeness (QED) is 0.603. The second-order valence-electron chi connectivity index (χ2n) is 3.26. The lowest BCUT2D eigenvalue weighted by Gasteiger charge is -2.05. The number of allylic oxidation sites excluding steroid dienone is 2. The Morgan fingerprint density at radius 1 is 1.20 bits per heavy atom. The summed E-state index contributed by atoms with van der Waals surface area (Å²) in [4.78, 5) is 1.48. The third-order valence-electron chi connectivity index (χ3n) is 1.34. The predicted octanol–water partition coefficient (Wildman–Crippen LogP) is 3.69. The molecule has 0 aromatic heterocycles. The van der Waals surface area contributed by atoms with Gasteiger partial charge in [-0.25, -0.2) is 0 Å². The van der Waals surface area contributed by atoms with Gasteiger partial charge in [-0.05, 0) is 37.3 Å². The third-order valence-corrected chi connectivity index (χ3v) is 3.01. The summed E-state index contributed by atoms with van der Waals surface area (Å²) in [6.45, 7) is 11.0. The highest BCUT2D eigenvalue weighted by Gasteiger charge is 1.96. The van der Waals surface area contributed by atoms with Crippen LogP contribution < -0.4 is 0 Å². The molecule has 0 amide bonds. The van der Waals surface area contributed by atoms with Crippen LogP contribution in [-0.2, 0) is 0 Å². The van der Waals surface area contributed by atoms with Gasteiger partial charge in [0.1, 0.15) is 0 Å². The molecule has 1 heteroatoms. The van der Waals surface area contributed by atoms with Gasteiger partial charge in [0, 0.05) is 0 Å². The van der Waals surface area contributed by atoms with Gasteiger partial charge in [-0.15, -0.1) is 11.8 Å². The van der Waals surface area contributed by atoms with Crippen molar-refractivity contribution in [2.75, 3.05) is 5.75 Å². The molecule has 0 bridgehead atoms. The molecule has 0 heterocycles. The Balaban J connectivity index is 3.60. The molecule has 0 atom stereocenters. The number of hydrogen-bond donors (Lipinski definition) is 0. The van der Waals surface area contributed by atoms with E-state index in [9.17, 15) is 0 Å². The molecular weight excluding hydrogens is 140 g/mol. The zero-order valence-corrected chi connectivity index (χ0v) is 8.51. The Bertz CT molecular complexity index is 119. The maximum absolute atomic E-state index is 2.26. The molecule has 60 valence electrons. The van der Waals surface area contributed by atoms with Crippen LogP contribution in [-0.4, -0.2) is 5.75 Å². The predicted molar refractivity (Wildman–Crippen MR) is 51.3 cm³/mol. The minimum atomic E-state index is 0.805. The van der Waals surface area contributed by atoms with E-state index in [2.05, 4.69) is 34.6 Å². The fraction of sp³-hybridized carbons (Fsp3) is 0.778. The molecule has 0 N–H and O–H groups in total. The Labute approximate surface area is 69.1 Å². The topological polar surface area (TPSA) is 0 Å². The summed E-state index contributed by atoms with van der Waals surface area (Å²) in [5, 5.41) is 0. The average molecular weight is 158 g/mol. The smallest absolute Gasteiger partial charge is 0.0000232 e. The fourth-order valence-electron chi connectivity index (χ4n) is 0.436. The first kappa shape index (κ1) is 10.1. The van der Waals surface area contributed by atoms with Crippen molar-refractivity contribution in [1.82, 2.24) is 0 Å². The first-order chi connectivity index (χ1) is 4.54. The van der Waals surface area contributed by atoms with Gasteiger partial charge in [0.05, 0.1) is 0 Å². The summed E-state index contributed by atoms with van der Waals surface area (Å²) in [6.07, 6.45) is 0. The van der Waals surface area contributed by atoms with E-state index in [1.807, 2.05) is 11.8 Å². The van der Waals surface area contributed by atoms with E-state index in [0.29, 0.717) is 0 Å². The first-order valence-electron chi connectivity index (χ1n) is 3.81. The normalized spacial score (nSPS) is 10.2. The van der Waals surface area contributed by atoms with Gasteiger partial charge in [-0.1, -0.05) is 19.4 Å². The highest BCUT2D eigenvalue weighted by molar-refractivity contribution is 8.03. The van der Waals surface area contributed by atoms with Crippen molar-refractivity contribution in [3.8, 4) is 0 Å². The maximum Gasteiger partial charge on any atom is -0.0000232 e. The lowest BCUT2D eigenvalue weighted by molar-refractivity contribution is 0.751. The molecule has 0 aromatic carbocycles. The third kappa shape index (κ3) is 4.92. The van der Waals surface area contributed by atoms with Gasteiger partial charge >= 0.3 is 0 Å². The van der Waals surface area contributed by atoms with Crippen LogP contribution >= 0.6 is 11.8 Å². The standard InChI is InChI=1S/C9H18S/c1-7(2)6-10-9(5)8(3)4/h7H,6H2,1-5H3. The van der Waals surface area contributed by atoms with Crippen molar-refractivity contribution in [2.45, 2.75) is 34.6 Å². The molecule has 0 spiro atoms. The zero-order chi connectivity index (χ0) is 8.15. The van der Waals surface area contributed by atoms with Crippen LogP contribution in [0.4, 0.5) is 0 Å². The van der Waals surface area contributed by atoms with Crippen LogP contribution in [0.25, 0.3) is 0 Å². The summed E-state index contributed by atoms with van der Waals surface area (Å²) in [5.41, 5.74) is 1.45. The minimum absolute atomic E-state index is 0.805. The van der Waals surface area contributed by atoms with Gasteiger partial charge in [-0.3, -0.25) is 0 Å². The Morgan fingerprint density at radius 3 is 2.00 bits per heavy atom. The van der Waals surface area contributed by atoms with E-state index in [4.69, 9.17) is 0 Å². The summed E-state index contributed by atoms with van der Waals surface area (Å²) >= 11 is 1.97. The first-order valence-corrected chi connectivity index (χ1v) is 4.79. The van der Waals surface area contributed by atoms with E-state index < -0.39 is 0 Å². The van der Waals surface area contributed by atoms with Crippen LogP contribution in [0.15, 0.2) is 10.5 Å². The van der Waals surface area contributed by atoms with E-state index >= 15 is 0 Å². The lowest BCUT2D eigenvalue weighted by atomic mass is 10.3. The van der Waals surface area contributed by atoms with E-state index in [1.165, 1.54) is 16.2 Å². The molecule has 0 saturated carbocycles. The Hall–Kier alpha value is 0.0900. The second kappa shape index (κ2) is 4.84.